The van der Waals surface area contributed by atoms with Gasteiger partial charge in [0.15, 0.2) is 0 Å². The summed E-state index contributed by atoms with van der Waals surface area (Å²) >= 11 is 0. The molecule has 0 saturated carbocycles. The molecular formula is C18H26N2O2. The molecule has 0 aliphatic heterocycles. The second-order valence-electron chi connectivity index (χ2n) is 6.67. The molecule has 0 saturated heterocycles. The van der Waals surface area contributed by atoms with E-state index in [9.17, 15) is 9.59 Å². The maximum atomic E-state index is 12.5. The maximum absolute atomic E-state index is 12.5. The molecule has 1 aromatic carbocycles. The normalized spacial score (nSPS) is 12.2. The van der Waals surface area contributed by atoms with Gasteiger partial charge in [0.2, 0.25) is 11.8 Å². The Balaban J connectivity index is 2.86. The summed E-state index contributed by atoms with van der Waals surface area (Å²) in [5.41, 5.74) is 1.50. The largest absolute Gasteiger partial charge is 0.351 e. The number of amides is 2. The topological polar surface area (TPSA) is 58.2 Å². The van der Waals surface area contributed by atoms with Crippen molar-refractivity contribution in [2.75, 3.05) is 6.54 Å². The van der Waals surface area contributed by atoms with E-state index in [2.05, 4.69) is 10.6 Å². The van der Waals surface area contributed by atoms with Crippen LogP contribution < -0.4 is 10.6 Å². The summed E-state index contributed by atoms with van der Waals surface area (Å²) in [5, 5.41) is 5.78. The summed E-state index contributed by atoms with van der Waals surface area (Å²) in [5.74, 6) is -0.671. The molecule has 0 bridgehead atoms. The molecule has 2 N–H and O–H groups in total. The summed E-state index contributed by atoms with van der Waals surface area (Å²) in [6.45, 7) is 9.81. The lowest BCUT2D eigenvalue weighted by molar-refractivity contribution is -0.124. The molecule has 0 fully saturated rings. The number of allylic oxidation sites excluding steroid dienone is 1. The van der Waals surface area contributed by atoms with Gasteiger partial charge in [-0.3, -0.25) is 9.59 Å². The molecule has 120 valence electrons. The van der Waals surface area contributed by atoms with Crippen LogP contribution >= 0.6 is 0 Å². The predicted molar refractivity (Wildman–Crippen MR) is 89.5 cm³/mol. The summed E-state index contributed by atoms with van der Waals surface area (Å²) in [6, 6.07) is 9.50. The van der Waals surface area contributed by atoms with Crippen LogP contribution in [-0.4, -0.2) is 23.9 Å². The molecule has 1 aromatic rings. The van der Waals surface area contributed by atoms with Gasteiger partial charge in [-0.2, -0.15) is 0 Å². The SMILES string of the molecule is CC(C)=CC(=O)NCC(C(=O)NC(C)(C)C)c1ccccc1. The highest BCUT2D eigenvalue weighted by Gasteiger charge is 2.24. The van der Waals surface area contributed by atoms with E-state index in [-0.39, 0.29) is 23.9 Å². The molecule has 0 aliphatic rings. The fourth-order valence-electron chi connectivity index (χ4n) is 2.02. The Morgan fingerprint density at radius 2 is 1.73 bits per heavy atom. The first kappa shape index (κ1) is 18.0. The standard InChI is InChI=1S/C18H26N2O2/c1-13(2)11-16(21)19-12-15(14-9-7-6-8-10-14)17(22)20-18(3,4)5/h6-11,15H,12H2,1-5H3,(H,19,21)(H,20,22). The van der Waals surface area contributed by atoms with Crippen molar-refractivity contribution in [3.05, 3.63) is 47.5 Å². The third-order valence-electron chi connectivity index (χ3n) is 2.92. The monoisotopic (exact) mass is 302 g/mol. The van der Waals surface area contributed by atoms with Crippen molar-refractivity contribution in [3.8, 4) is 0 Å². The lowest BCUT2D eigenvalue weighted by Crippen LogP contribution is -2.45. The number of nitrogens with one attached hydrogen (secondary N) is 2. The number of carbonyl (C=O) groups excluding carboxylic acids is 2. The lowest BCUT2D eigenvalue weighted by atomic mass is 9.96. The van der Waals surface area contributed by atoms with Crippen molar-refractivity contribution in [3.63, 3.8) is 0 Å². The molecule has 4 nitrogen and oxygen atoms in total. The van der Waals surface area contributed by atoms with E-state index in [4.69, 9.17) is 0 Å². The highest BCUT2D eigenvalue weighted by molar-refractivity contribution is 5.89. The molecule has 0 aliphatic carbocycles. The van der Waals surface area contributed by atoms with Crippen molar-refractivity contribution in [2.45, 2.75) is 46.1 Å². The molecule has 1 unspecified atom stereocenters. The molecule has 1 rings (SSSR count). The second-order valence-corrected chi connectivity index (χ2v) is 6.67. The summed E-state index contributed by atoms with van der Waals surface area (Å²) < 4.78 is 0. The first-order valence-corrected chi connectivity index (χ1v) is 7.49. The fourth-order valence-corrected chi connectivity index (χ4v) is 2.02. The lowest BCUT2D eigenvalue weighted by Gasteiger charge is -2.25. The van der Waals surface area contributed by atoms with Gasteiger partial charge in [-0.05, 0) is 40.2 Å². The van der Waals surface area contributed by atoms with Gasteiger partial charge < -0.3 is 10.6 Å². The minimum atomic E-state index is -0.407. The third kappa shape index (κ3) is 6.57. The Morgan fingerprint density at radius 3 is 2.23 bits per heavy atom. The number of benzene rings is 1. The molecular weight excluding hydrogens is 276 g/mol. The van der Waals surface area contributed by atoms with E-state index in [0.29, 0.717) is 0 Å². The van der Waals surface area contributed by atoms with Gasteiger partial charge in [-0.25, -0.2) is 0 Å². The number of hydrogen-bond acceptors (Lipinski definition) is 2. The number of carbonyl (C=O) groups is 2. The van der Waals surface area contributed by atoms with Gasteiger partial charge in [-0.15, -0.1) is 0 Å². The second kappa shape index (κ2) is 7.78. The van der Waals surface area contributed by atoms with Crippen LogP contribution in [0.25, 0.3) is 0 Å². The van der Waals surface area contributed by atoms with E-state index >= 15 is 0 Å². The van der Waals surface area contributed by atoms with E-state index in [1.165, 1.54) is 6.08 Å². The van der Waals surface area contributed by atoms with Crippen LogP contribution in [0.4, 0.5) is 0 Å². The number of rotatable bonds is 5. The highest BCUT2D eigenvalue weighted by atomic mass is 16.2. The average Bonchev–Trinajstić information content (AvgIpc) is 2.37. The van der Waals surface area contributed by atoms with Crippen LogP contribution in [-0.2, 0) is 9.59 Å². The average molecular weight is 302 g/mol. The Labute approximate surface area is 133 Å². The van der Waals surface area contributed by atoms with E-state index in [1.807, 2.05) is 65.0 Å². The Bertz CT molecular complexity index is 538. The maximum Gasteiger partial charge on any atom is 0.243 e. The fraction of sp³-hybridized carbons (Fsp3) is 0.444. The van der Waals surface area contributed by atoms with Crippen molar-refractivity contribution < 1.29 is 9.59 Å². The van der Waals surface area contributed by atoms with Crippen LogP contribution in [0.3, 0.4) is 0 Å². The smallest absolute Gasteiger partial charge is 0.243 e. The highest BCUT2D eigenvalue weighted by Crippen LogP contribution is 2.16. The quantitative estimate of drug-likeness (QED) is 0.822. The molecule has 1 atom stereocenters. The molecule has 4 heteroatoms. The molecule has 0 heterocycles. The Hall–Kier alpha value is -2.10. The van der Waals surface area contributed by atoms with E-state index in [1.54, 1.807) is 0 Å². The number of hydrogen-bond donors (Lipinski definition) is 2. The van der Waals surface area contributed by atoms with Crippen molar-refractivity contribution in [2.24, 2.45) is 0 Å². The van der Waals surface area contributed by atoms with E-state index < -0.39 is 5.92 Å². The van der Waals surface area contributed by atoms with Gasteiger partial charge in [0.25, 0.3) is 0 Å². The van der Waals surface area contributed by atoms with Crippen LogP contribution in [0.2, 0.25) is 0 Å². The first-order chi connectivity index (χ1) is 10.2. The van der Waals surface area contributed by atoms with Gasteiger partial charge in [0, 0.05) is 18.2 Å². The van der Waals surface area contributed by atoms with Gasteiger partial charge >= 0.3 is 0 Å². The van der Waals surface area contributed by atoms with Crippen LogP contribution in [0, 0.1) is 0 Å². The molecule has 2 amide bonds. The zero-order valence-corrected chi connectivity index (χ0v) is 14.1. The van der Waals surface area contributed by atoms with Crippen molar-refractivity contribution >= 4 is 11.8 Å². The molecule has 22 heavy (non-hydrogen) atoms. The zero-order chi connectivity index (χ0) is 16.8. The third-order valence-corrected chi connectivity index (χ3v) is 2.92. The van der Waals surface area contributed by atoms with Crippen LogP contribution in [0.5, 0.6) is 0 Å². The van der Waals surface area contributed by atoms with Crippen molar-refractivity contribution in [1.82, 2.24) is 10.6 Å². The molecule has 0 aromatic heterocycles. The van der Waals surface area contributed by atoms with Crippen LogP contribution in [0.15, 0.2) is 42.0 Å². The van der Waals surface area contributed by atoms with Crippen LogP contribution in [0.1, 0.15) is 46.1 Å². The summed E-state index contributed by atoms with van der Waals surface area (Å²) in [7, 11) is 0. The Kier molecular flexibility index (Phi) is 6.35. The summed E-state index contributed by atoms with van der Waals surface area (Å²) in [4.78, 5) is 24.3. The zero-order valence-electron chi connectivity index (χ0n) is 14.1. The van der Waals surface area contributed by atoms with Gasteiger partial charge in [0.1, 0.15) is 0 Å². The van der Waals surface area contributed by atoms with E-state index in [0.717, 1.165) is 11.1 Å². The predicted octanol–water partition coefficient (Wildman–Crippen LogP) is 2.77. The minimum Gasteiger partial charge on any atom is -0.351 e. The summed E-state index contributed by atoms with van der Waals surface area (Å²) in [6.07, 6.45) is 1.53. The van der Waals surface area contributed by atoms with Gasteiger partial charge in [0.05, 0.1) is 5.92 Å². The Morgan fingerprint density at radius 1 is 1.14 bits per heavy atom. The molecule has 0 radical (unpaired) electrons. The van der Waals surface area contributed by atoms with Gasteiger partial charge in [-0.1, -0.05) is 35.9 Å². The first-order valence-electron chi connectivity index (χ1n) is 7.49. The van der Waals surface area contributed by atoms with Crippen molar-refractivity contribution in [1.29, 1.82) is 0 Å². The minimum absolute atomic E-state index is 0.0869. The molecule has 0 spiro atoms.